The number of rotatable bonds is 8. The predicted octanol–water partition coefficient (Wildman–Crippen LogP) is 3.77. The third kappa shape index (κ3) is 4.40. The van der Waals surface area contributed by atoms with Crippen LogP contribution in [0.25, 0.3) is 0 Å². The smallest absolute Gasteiger partial charge is 0.319 e. The first-order valence-corrected chi connectivity index (χ1v) is 8.17. The molecule has 4 nitrogen and oxygen atoms in total. The quantitative estimate of drug-likeness (QED) is 0.798. The molecule has 0 aliphatic rings. The summed E-state index contributed by atoms with van der Waals surface area (Å²) >= 11 is 0. The molecule has 2 rings (SSSR count). The molecule has 0 aliphatic carbocycles. The number of alkyl halides is 2. The summed E-state index contributed by atoms with van der Waals surface area (Å²) in [5, 5.41) is 2.86. The van der Waals surface area contributed by atoms with Gasteiger partial charge >= 0.3 is 6.55 Å². The lowest BCUT2D eigenvalue weighted by atomic mass is 9.85. The molecule has 130 valence electrons. The van der Waals surface area contributed by atoms with Crippen molar-refractivity contribution >= 4 is 5.91 Å². The number of halogens is 2. The van der Waals surface area contributed by atoms with E-state index < -0.39 is 6.55 Å². The number of hydrogen-bond donors (Lipinski definition) is 1. The highest BCUT2D eigenvalue weighted by Gasteiger charge is 2.25. The Morgan fingerprint density at radius 3 is 2.62 bits per heavy atom. The largest absolute Gasteiger partial charge is 0.355 e. The molecule has 0 saturated carbocycles. The normalized spacial score (nSPS) is 13.7. The van der Waals surface area contributed by atoms with Crippen LogP contribution in [0.3, 0.4) is 0 Å². The first-order valence-electron chi connectivity index (χ1n) is 8.17. The molecular formula is C18H23F2N3O. The fourth-order valence-electron chi connectivity index (χ4n) is 2.76. The highest BCUT2D eigenvalue weighted by molar-refractivity contribution is 5.83. The van der Waals surface area contributed by atoms with E-state index in [2.05, 4.69) is 10.3 Å². The summed E-state index contributed by atoms with van der Waals surface area (Å²) in [6.07, 6.45) is 3.73. The minimum absolute atomic E-state index is 0.0781. The molecule has 0 unspecified atom stereocenters. The van der Waals surface area contributed by atoms with Gasteiger partial charge in [0, 0.05) is 25.4 Å². The van der Waals surface area contributed by atoms with Crippen molar-refractivity contribution in [3.8, 4) is 0 Å². The Kier molecular flexibility index (Phi) is 6.46. The number of carbonyl (C=O) groups is 1. The van der Waals surface area contributed by atoms with Gasteiger partial charge in [0.1, 0.15) is 5.82 Å². The maximum atomic E-state index is 12.8. The Morgan fingerprint density at radius 2 is 2.00 bits per heavy atom. The zero-order valence-electron chi connectivity index (χ0n) is 14.0. The van der Waals surface area contributed by atoms with Crippen molar-refractivity contribution in [2.45, 2.75) is 39.2 Å². The summed E-state index contributed by atoms with van der Waals surface area (Å²) in [6, 6.07) is 9.63. The standard InChI is InChI=1S/C18H23F2N3O/c1-3-13(2)16(14-7-5-4-6-8-14)17(24)22-10-9-15-21-11-12-23(15)18(19)20/h4-8,11-13,16,18H,3,9-10H2,1-2H3,(H,22,24)/t13-,16+/m1/s1. The second-order valence-electron chi connectivity index (χ2n) is 5.84. The average Bonchev–Trinajstić information content (AvgIpc) is 3.04. The summed E-state index contributed by atoms with van der Waals surface area (Å²) < 4.78 is 26.4. The fourth-order valence-corrected chi connectivity index (χ4v) is 2.76. The van der Waals surface area contributed by atoms with E-state index in [1.807, 2.05) is 44.2 Å². The van der Waals surface area contributed by atoms with Crippen molar-refractivity contribution in [1.29, 1.82) is 0 Å². The third-order valence-corrected chi connectivity index (χ3v) is 4.26. The van der Waals surface area contributed by atoms with Crippen LogP contribution < -0.4 is 5.32 Å². The third-order valence-electron chi connectivity index (χ3n) is 4.26. The van der Waals surface area contributed by atoms with Gasteiger partial charge < -0.3 is 5.32 Å². The molecule has 6 heteroatoms. The van der Waals surface area contributed by atoms with Crippen molar-refractivity contribution in [1.82, 2.24) is 14.9 Å². The first-order chi connectivity index (χ1) is 11.5. The van der Waals surface area contributed by atoms with Gasteiger partial charge in [0.25, 0.3) is 0 Å². The molecule has 2 atom stereocenters. The molecule has 0 bridgehead atoms. The Bertz CT molecular complexity index is 643. The van der Waals surface area contributed by atoms with E-state index in [0.717, 1.165) is 16.6 Å². The summed E-state index contributed by atoms with van der Waals surface area (Å²) in [4.78, 5) is 16.5. The maximum Gasteiger partial charge on any atom is 0.319 e. The van der Waals surface area contributed by atoms with E-state index in [0.29, 0.717) is 0 Å². The zero-order valence-corrected chi connectivity index (χ0v) is 14.0. The molecule has 1 amide bonds. The second kappa shape index (κ2) is 8.57. The highest BCUT2D eigenvalue weighted by atomic mass is 19.3. The number of aromatic nitrogens is 2. The molecule has 2 aromatic rings. The maximum absolute atomic E-state index is 12.8. The van der Waals surface area contributed by atoms with Crippen LogP contribution in [0.2, 0.25) is 0 Å². The SMILES string of the molecule is CC[C@@H](C)[C@H](C(=O)NCCc1nccn1C(F)F)c1ccccc1. The van der Waals surface area contributed by atoms with E-state index in [1.165, 1.54) is 12.4 Å². The molecular weight excluding hydrogens is 312 g/mol. The van der Waals surface area contributed by atoms with Gasteiger partial charge in [-0.2, -0.15) is 8.78 Å². The first kappa shape index (κ1) is 18.1. The minimum atomic E-state index is -2.62. The van der Waals surface area contributed by atoms with Crippen molar-refractivity contribution in [3.05, 3.63) is 54.1 Å². The van der Waals surface area contributed by atoms with Gasteiger partial charge in [-0.05, 0) is 11.5 Å². The molecule has 1 N–H and O–H groups in total. The van der Waals surface area contributed by atoms with Crippen LogP contribution in [0.4, 0.5) is 8.78 Å². The fraction of sp³-hybridized carbons (Fsp3) is 0.444. The minimum Gasteiger partial charge on any atom is -0.355 e. The van der Waals surface area contributed by atoms with Crippen molar-refractivity contribution in [2.75, 3.05) is 6.54 Å². The van der Waals surface area contributed by atoms with Gasteiger partial charge in [0.2, 0.25) is 5.91 Å². The molecule has 1 heterocycles. The van der Waals surface area contributed by atoms with Gasteiger partial charge in [-0.3, -0.25) is 9.36 Å². The Labute approximate surface area is 140 Å². The Hall–Kier alpha value is -2.24. The Balaban J connectivity index is 1.99. The van der Waals surface area contributed by atoms with E-state index in [9.17, 15) is 13.6 Å². The van der Waals surface area contributed by atoms with Crippen molar-refractivity contribution < 1.29 is 13.6 Å². The summed E-state index contributed by atoms with van der Waals surface area (Å²) in [5.74, 6) is 0.136. The van der Waals surface area contributed by atoms with E-state index >= 15 is 0 Å². The predicted molar refractivity (Wildman–Crippen MR) is 88.8 cm³/mol. The lowest BCUT2D eigenvalue weighted by Crippen LogP contribution is -2.34. The van der Waals surface area contributed by atoms with Crippen LogP contribution in [0.15, 0.2) is 42.7 Å². The number of carbonyl (C=O) groups excluding carboxylic acids is 1. The number of imidazole rings is 1. The number of hydrogen-bond acceptors (Lipinski definition) is 2. The number of amides is 1. The summed E-state index contributed by atoms with van der Waals surface area (Å²) in [7, 11) is 0. The Morgan fingerprint density at radius 1 is 1.29 bits per heavy atom. The highest BCUT2D eigenvalue weighted by Crippen LogP contribution is 2.27. The van der Waals surface area contributed by atoms with E-state index in [1.54, 1.807) is 0 Å². The van der Waals surface area contributed by atoms with Gasteiger partial charge in [-0.15, -0.1) is 0 Å². The van der Waals surface area contributed by atoms with E-state index in [-0.39, 0.29) is 36.5 Å². The van der Waals surface area contributed by atoms with Crippen LogP contribution in [0.1, 0.15) is 44.1 Å². The summed E-state index contributed by atoms with van der Waals surface area (Å²) in [5.41, 5.74) is 0.971. The number of nitrogens with one attached hydrogen (secondary N) is 1. The van der Waals surface area contributed by atoms with Gasteiger partial charge in [0.05, 0.1) is 5.92 Å². The molecule has 0 spiro atoms. The average molecular weight is 335 g/mol. The van der Waals surface area contributed by atoms with Crippen molar-refractivity contribution in [3.63, 3.8) is 0 Å². The van der Waals surface area contributed by atoms with Crippen molar-refractivity contribution in [2.24, 2.45) is 5.92 Å². The van der Waals surface area contributed by atoms with Crippen LogP contribution in [-0.4, -0.2) is 22.0 Å². The molecule has 0 aliphatic heterocycles. The van der Waals surface area contributed by atoms with Crippen LogP contribution in [0, 0.1) is 5.92 Å². The molecule has 0 saturated heterocycles. The van der Waals surface area contributed by atoms with Gasteiger partial charge in [-0.1, -0.05) is 50.6 Å². The lowest BCUT2D eigenvalue weighted by molar-refractivity contribution is -0.123. The molecule has 0 radical (unpaired) electrons. The van der Waals surface area contributed by atoms with Crippen LogP contribution >= 0.6 is 0 Å². The summed E-state index contributed by atoms with van der Waals surface area (Å²) in [6.45, 7) is 1.76. The molecule has 24 heavy (non-hydrogen) atoms. The van der Waals surface area contributed by atoms with Gasteiger partial charge in [0.15, 0.2) is 0 Å². The second-order valence-corrected chi connectivity index (χ2v) is 5.84. The molecule has 1 aromatic heterocycles. The van der Waals surface area contributed by atoms with Crippen LogP contribution in [0.5, 0.6) is 0 Å². The van der Waals surface area contributed by atoms with Gasteiger partial charge in [-0.25, -0.2) is 4.98 Å². The lowest BCUT2D eigenvalue weighted by Gasteiger charge is -2.22. The number of benzene rings is 1. The number of nitrogens with zero attached hydrogens (tertiary/aromatic N) is 2. The van der Waals surface area contributed by atoms with E-state index in [4.69, 9.17) is 0 Å². The topological polar surface area (TPSA) is 46.9 Å². The molecule has 1 aromatic carbocycles. The van der Waals surface area contributed by atoms with Crippen LogP contribution in [-0.2, 0) is 11.2 Å². The monoisotopic (exact) mass is 335 g/mol. The molecule has 0 fully saturated rings. The zero-order chi connectivity index (χ0) is 17.5.